The number of rotatable bonds is 1. The largest absolute Gasteiger partial charge is 0.483 e. The van der Waals surface area contributed by atoms with Crippen LogP contribution in [0.5, 0.6) is 0 Å². The number of likely N-dealkylation sites (tertiary alicyclic amines) is 2. The van der Waals surface area contributed by atoms with Gasteiger partial charge in [0.05, 0.1) is 6.54 Å². The summed E-state index contributed by atoms with van der Waals surface area (Å²) in [5, 5.41) is 6.89. The van der Waals surface area contributed by atoms with Gasteiger partial charge in [-0.15, -0.1) is 0 Å². The summed E-state index contributed by atoms with van der Waals surface area (Å²) in [4.78, 5) is 48.8. The standard InChI is InChI=1S/C18H21F2N3O3.CH2O2/c1-11(24)22-8-12-7-13(9-22)16(23-14(12)3-2-4-15(23)25)17(26)21-6-5-18(19,20)10-21;2-1-3/h2-4,12-13,16H,5-10H2,1H3;1H,(H,2,3)/t12-,13+,16-;/m1./s1. The second kappa shape index (κ2) is 7.92. The maximum absolute atomic E-state index is 13.6. The van der Waals surface area contributed by atoms with Gasteiger partial charge in [-0.1, -0.05) is 6.07 Å². The molecule has 158 valence electrons. The number of halogens is 2. The number of pyridine rings is 1. The molecule has 0 unspecified atom stereocenters. The number of hydrogen-bond acceptors (Lipinski definition) is 4. The first kappa shape index (κ1) is 20.9. The molecule has 1 aromatic heterocycles. The summed E-state index contributed by atoms with van der Waals surface area (Å²) in [6, 6.07) is 4.01. The van der Waals surface area contributed by atoms with Crippen LogP contribution in [-0.4, -0.2) is 69.9 Å². The Kier molecular flexibility index (Phi) is 5.72. The highest BCUT2D eigenvalue weighted by Crippen LogP contribution is 2.42. The third kappa shape index (κ3) is 4.01. The topological polar surface area (TPSA) is 99.9 Å². The van der Waals surface area contributed by atoms with Crippen molar-refractivity contribution in [3.63, 3.8) is 0 Å². The fourth-order valence-corrected chi connectivity index (χ4v) is 4.62. The molecule has 1 aromatic rings. The molecule has 29 heavy (non-hydrogen) atoms. The number of carbonyl (C=O) groups excluding carboxylic acids is 2. The van der Waals surface area contributed by atoms with E-state index >= 15 is 0 Å². The van der Waals surface area contributed by atoms with Crippen LogP contribution in [0.25, 0.3) is 0 Å². The SMILES string of the molecule is CC(=O)N1C[C@H]2C[C@@H](C1)[C@H](C(=O)N1CCC(F)(F)C1)n1c2cccc1=O.O=CO. The minimum absolute atomic E-state index is 0.00811. The fourth-order valence-electron chi connectivity index (χ4n) is 4.62. The predicted molar refractivity (Wildman–Crippen MR) is 97.7 cm³/mol. The summed E-state index contributed by atoms with van der Waals surface area (Å²) in [6.07, 6.45) is 0.322. The first-order valence-electron chi connectivity index (χ1n) is 9.40. The molecule has 4 heterocycles. The zero-order valence-electron chi connectivity index (χ0n) is 16.0. The van der Waals surface area contributed by atoms with Crippen molar-refractivity contribution in [2.45, 2.75) is 37.6 Å². The van der Waals surface area contributed by atoms with E-state index in [1.54, 1.807) is 17.0 Å². The smallest absolute Gasteiger partial charge is 0.290 e. The van der Waals surface area contributed by atoms with Crippen molar-refractivity contribution in [1.29, 1.82) is 0 Å². The summed E-state index contributed by atoms with van der Waals surface area (Å²) < 4.78 is 28.7. The molecular weight excluding hydrogens is 388 g/mol. The van der Waals surface area contributed by atoms with Crippen LogP contribution < -0.4 is 5.56 Å². The van der Waals surface area contributed by atoms with Gasteiger partial charge in [0, 0.05) is 56.6 Å². The highest BCUT2D eigenvalue weighted by atomic mass is 19.3. The van der Waals surface area contributed by atoms with Gasteiger partial charge in [0.1, 0.15) is 6.04 Å². The maximum atomic E-state index is 13.6. The van der Waals surface area contributed by atoms with Gasteiger partial charge in [-0.25, -0.2) is 8.78 Å². The molecule has 0 aliphatic carbocycles. The molecule has 3 aliphatic rings. The first-order valence-corrected chi connectivity index (χ1v) is 9.40. The lowest BCUT2D eigenvalue weighted by molar-refractivity contribution is -0.141. The van der Waals surface area contributed by atoms with Crippen LogP contribution in [0.1, 0.15) is 37.4 Å². The van der Waals surface area contributed by atoms with E-state index in [0.717, 1.165) is 0 Å². The van der Waals surface area contributed by atoms with E-state index in [1.807, 2.05) is 0 Å². The van der Waals surface area contributed by atoms with Crippen molar-refractivity contribution in [3.05, 3.63) is 34.2 Å². The quantitative estimate of drug-likeness (QED) is 0.693. The highest BCUT2D eigenvalue weighted by molar-refractivity contribution is 5.82. The lowest BCUT2D eigenvalue weighted by Gasteiger charge is -2.46. The molecule has 3 aliphatic heterocycles. The van der Waals surface area contributed by atoms with Crippen molar-refractivity contribution in [2.75, 3.05) is 26.2 Å². The van der Waals surface area contributed by atoms with Crippen molar-refractivity contribution in [3.8, 4) is 0 Å². The van der Waals surface area contributed by atoms with E-state index in [4.69, 9.17) is 9.90 Å². The maximum Gasteiger partial charge on any atom is 0.290 e. The summed E-state index contributed by atoms with van der Waals surface area (Å²) >= 11 is 0. The minimum atomic E-state index is -2.88. The Morgan fingerprint density at radius 1 is 1.24 bits per heavy atom. The number of carbonyl (C=O) groups is 3. The Morgan fingerprint density at radius 3 is 2.52 bits per heavy atom. The Labute approximate surface area is 165 Å². The molecule has 10 heteroatoms. The Morgan fingerprint density at radius 2 is 1.93 bits per heavy atom. The van der Waals surface area contributed by atoms with Gasteiger partial charge >= 0.3 is 0 Å². The molecule has 2 fully saturated rings. The number of fused-ring (bicyclic) bond motifs is 4. The third-order valence-corrected chi connectivity index (χ3v) is 5.83. The van der Waals surface area contributed by atoms with Crippen molar-refractivity contribution in [1.82, 2.24) is 14.4 Å². The molecule has 8 nitrogen and oxygen atoms in total. The van der Waals surface area contributed by atoms with Crippen molar-refractivity contribution < 1.29 is 28.3 Å². The Hall–Kier alpha value is -2.78. The van der Waals surface area contributed by atoms with Crippen LogP contribution in [0, 0.1) is 5.92 Å². The van der Waals surface area contributed by atoms with Gasteiger partial charge in [-0.3, -0.25) is 23.7 Å². The van der Waals surface area contributed by atoms with E-state index in [0.29, 0.717) is 25.2 Å². The van der Waals surface area contributed by atoms with Gasteiger partial charge in [-0.2, -0.15) is 0 Å². The summed E-state index contributed by atoms with van der Waals surface area (Å²) in [5.74, 6) is -3.66. The van der Waals surface area contributed by atoms with E-state index < -0.39 is 24.4 Å². The van der Waals surface area contributed by atoms with Crippen LogP contribution in [-0.2, 0) is 14.4 Å². The molecular formula is C19H23F2N3O5. The van der Waals surface area contributed by atoms with Crippen LogP contribution >= 0.6 is 0 Å². The number of amides is 2. The molecule has 2 amide bonds. The van der Waals surface area contributed by atoms with Crippen molar-refractivity contribution >= 4 is 18.3 Å². The molecule has 2 bridgehead atoms. The number of alkyl halides is 2. The molecule has 0 saturated carbocycles. The molecule has 0 aromatic carbocycles. The third-order valence-electron chi connectivity index (χ3n) is 5.83. The van der Waals surface area contributed by atoms with Gasteiger partial charge in [0.25, 0.3) is 18.0 Å². The van der Waals surface area contributed by atoms with Gasteiger partial charge < -0.3 is 14.9 Å². The second-order valence-electron chi connectivity index (χ2n) is 7.69. The second-order valence-corrected chi connectivity index (χ2v) is 7.69. The normalized spacial score (nSPS) is 26.8. The number of aromatic nitrogens is 1. The Balaban J connectivity index is 0.000000755. The molecule has 4 rings (SSSR count). The van der Waals surface area contributed by atoms with Crippen molar-refractivity contribution in [2.24, 2.45) is 5.92 Å². The number of carboxylic acid groups (broad SMARTS) is 1. The lowest BCUT2D eigenvalue weighted by Crippen LogP contribution is -2.54. The number of piperidine rings is 1. The zero-order chi connectivity index (χ0) is 21.3. The minimum Gasteiger partial charge on any atom is -0.483 e. The van der Waals surface area contributed by atoms with Crippen LogP contribution in [0.3, 0.4) is 0 Å². The van der Waals surface area contributed by atoms with E-state index in [9.17, 15) is 23.2 Å². The predicted octanol–water partition coefficient (Wildman–Crippen LogP) is 0.923. The zero-order valence-corrected chi connectivity index (χ0v) is 16.0. The van der Waals surface area contributed by atoms with Gasteiger partial charge in [0.15, 0.2) is 0 Å². The first-order chi connectivity index (χ1) is 13.7. The lowest BCUT2D eigenvalue weighted by atomic mass is 9.78. The fraction of sp³-hybridized carbons (Fsp3) is 0.579. The number of hydrogen-bond donors (Lipinski definition) is 1. The van der Waals surface area contributed by atoms with Crippen LogP contribution in [0.15, 0.2) is 23.0 Å². The van der Waals surface area contributed by atoms with Gasteiger partial charge in [0.2, 0.25) is 11.8 Å². The average molecular weight is 411 g/mol. The molecule has 0 spiro atoms. The Bertz CT molecular complexity index is 872. The van der Waals surface area contributed by atoms with E-state index in [-0.39, 0.29) is 42.7 Å². The van der Waals surface area contributed by atoms with E-state index in [2.05, 4.69) is 0 Å². The van der Waals surface area contributed by atoms with Crippen LogP contribution in [0.4, 0.5) is 8.78 Å². The van der Waals surface area contributed by atoms with Crippen LogP contribution in [0.2, 0.25) is 0 Å². The monoisotopic (exact) mass is 411 g/mol. The molecule has 3 atom stereocenters. The molecule has 0 radical (unpaired) electrons. The average Bonchev–Trinajstić information content (AvgIpc) is 3.03. The molecule has 2 saturated heterocycles. The molecule has 1 N–H and O–H groups in total. The summed E-state index contributed by atoms with van der Waals surface area (Å²) in [6.45, 7) is 1.50. The van der Waals surface area contributed by atoms with Gasteiger partial charge in [-0.05, 0) is 12.5 Å². The summed E-state index contributed by atoms with van der Waals surface area (Å²) in [7, 11) is 0. The van der Waals surface area contributed by atoms with E-state index in [1.165, 1.54) is 22.5 Å². The highest BCUT2D eigenvalue weighted by Gasteiger charge is 2.48. The summed E-state index contributed by atoms with van der Waals surface area (Å²) in [5.41, 5.74) is 0.418. The number of nitrogens with zero attached hydrogens (tertiary/aromatic N) is 3.